The molecule has 1 aromatic heterocycles. The van der Waals surface area contributed by atoms with E-state index in [2.05, 4.69) is 55.7 Å². The van der Waals surface area contributed by atoms with Crippen molar-refractivity contribution in [1.29, 1.82) is 0 Å². The van der Waals surface area contributed by atoms with Crippen LogP contribution in [0.25, 0.3) is 5.57 Å². The molecule has 3 nitrogen and oxygen atoms in total. The number of benzene rings is 3. The Balaban J connectivity index is 1.90. The van der Waals surface area contributed by atoms with E-state index in [1.165, 1.54) is 0 Å². The maximum Gasteiger partial charge on any atom is 0.160 e. The van der Waals surface area contributed by atoms with Gasteiger partial charge in [-0.15, -0.1) is 0 Å². The van der Waals surface area contributed by atoms with Crippen LogP contribution in [0.1, 0.15) is 39.5 Å². The summed E-state index contributed by atoms with van der Waals surface area (Å²) in [6.45, 7) is 10.4. The van der Waals surface area contributed by atoms with Gasteiger partial charge in [0.1, 0.15) is 0 Å². The molecule has 1 heterocycles. The quantitative estimate of drug-likeness (QED) is 0.351. The van der Waals surface area contributed by atoms with Gasteiger partial charge >= 0.3 is 0 Å². The molecule has 0 N–H and O–H groups in total. The highest BCUT2D eigenvalue weighted by molar-refractivity contribution is 6.13. The predicted molar refractivity (Wildman–Crippen MR) is 129 cm³/mol. The Bertz CT molecular complexity index is 1240. The number of rotatable bonds is 5. The third kappa shape index (κ3) is 4.51. The fourth-order valence-electron chi connectivity index (χ4n) is 3.55. The minimum atomic E-state index is 0.617. The summed E-state index contributed by atoms with van der Waals surface area (Å²) in [5.41, 5.74) is 8.54. The van der Waals surface area contributed by atoms with Crippen LogP contribution in [-0.2, 0) is 0 Å². The molecule has 0 unspecified atom stereocenters. The SMILES string of the molecule is C=C(c1ccccc1)c1nc(C)cc(C(=Nc2c(C)cccc2C)c2ccccc2)n1. The lowest BCUT2D eigenvalue weighted by Crippen LogP contribution is -2.10. The van der Waals surface area contributed by atoms with Gasteiger partial charge in [0.25, 0.3) is 0 Å². The van der Waals surface area contributed by atoms with Crippen LogP contribution in [0.3, 0.4) is 0 Å². The Morgan fingerprint density at radius 3 is 1.90 bits per heavy atom. The lowest BCUT2D eigenvalue weighted by Gasteiger charge is -2.13. The van der Waals surface area contributed by atoms with E-state index in [9.17, 15) is 0 Å². The fourth-order valence-corrected chi connectivity index (χ4v) is 3.55. The minimum absolute atomic E-state index is 0.617. The Morgan fingerprint density at radius 1 is 0.710 bits per heavy atom. The second kappa shape index (κ2) is 8.88. The lowest BCUT2D eigenvalue weighted by atomic mass is 10.0. The van der Waals surface area contributed by atoms with E-state index in [0.717, 1.165) is 50.6 Å². The number of hydrogen-bond donors (Lipinski definition) is 0. The summed E-state index contributed by atoms with van der Waals surface area (Å²) in [6, 6.07) is 28.4. The average Bonchev–Trinajstić information content (AvgIpc) is 2.79. The van der Waals surface area contributed by atoms with Crippen LogP contribution >= 0.6 is 0 Å². The van der Waals surface area contributed by atoms with Crippen molar-refractivity contribution in [2.24, 2.45) is 4.99 Å². The minimum Gasteiger partial charge on any atom is -0.246 e. The standard InChI is InChI=1S/C28H25N3/c1-19-12-11-13-20(2)26(19)31-27(24-16-9-6-10-17-24)25-18-21(3)29-28(30-25)22(4)23-14-7-5-8-15-23/h5-18H,4H2,1-3H3. The molecule has 0 spiro atoms. The summed E-state index contributed by atoms with van der Waals surface area (Å²) in [5.74, 6) is 0.617. The largest absolute Gasteiger partial charge is 0.246 e. The molecule has 3 aromatic carbocycles. The number of para-hydroxylation sites is 1. The number of nitrogens with zero attached hydrogens (tertiary/aromatic N) is 3. The topological polar surface area (TPSA) is 38.1 Å². The van der Waals surface area contributed by atoms with Gasteiger partial charge in [-0.2, -0.15) is 0 Å². The van der Waals surface area contributed by atoms with E-state index >= 15 is 0 Å². The van der Waals surface area contributed by atoms with E-state index in [-0.39, 0.29) is 0 Å². The summed E-state index contributed by atoms with van der Waals surface area (Å²) in [5, 5.41) is 0. The second-order valence-electron chi connectivity index (χ2n) is 7.63. The monoisotopic (exact) mass is 403 g/mol. The highest BCUT2D eigenvalue weighted by Gasteiger charge is 2.15. The van der Waals surface area contributed by atoms with Crippen LogP contribution in [0.2, 0.25) is 0 Å². The van der Waals surface area contributed by atoms with Gasteiger partial charge in [-0.3, -0.25) is 0 Å². The summed E-state index contributed by atoms with van der Waals surface area (Å²) in [6.07, 6.45) is 0. The van der Waals surface area contributed by atoms with E-state index in [1.54, 1.807) is 0 Å². The van der Waals surface area contributed by atoms with Crippen LogP contribution in [0, 0.1) is 20.8 Å². The lowest BCUT2D eigenvalue weighted by molar-refractivity contribution is 1.05. The van der Waals surface area contributed by atoms with E-state index in [1.807, 2.05) is 61.5 Å². The predicted octanol–water partition coefficient (Wildman–Crippen LogP) is 6.63. The smallest absolute Gasteiger partial charge is 0.160 e. The Hall–Kier alpha value is -3.85. The zero-order valence-corrected chi connectivity index (χ0v) is 18.1. The first-order valence-corrected chi connectivity index (χ1v) is 10.3. The Labute approximate surface area is 183 Å². The first kappa shape index (κ1) is 20.4. The molecule has 3 heteroatoms. The molecule has 152 valence electrons. The Morgan fingerprint density at radius 2 is 1.29 bits per heavy atom. The first-order valence-electron chi connectivity index (χ1n) is 10.3. The van der Waals surface area contributed by atoms with Gasteiger partial charge in [-0.1, -0.05) is 85.4 Å². The summed E-state index contributed by atoms with van der Waals surface area (Å²) in [7, 11) is 0. The highest BCUT2D eigenvalue weighted by Crippen LogP contribution is 2.26. The van der Waals surface area contributed by atoms with Crippen LogP contribution in [0.5, 0.6) is 0 Å². The van der Waals surface area contributed by atoms with Crippen molar-refractivity contribution in [3.05, 3.63) is 131 Å². The third-order valence-electron chi connectivity index (χ3n) is 5.20. The maximum atomic E-state index is 5.11. The normalized spacial score (nSPS) is 11.4. The van der Waals surface area contributed by atoms with Crippen LogP contribution in [-0.4, -0.2) is 15.7 Å². The van der Waals surface area contributed by atoms with Crippen molar-refractivity contribution in [2.45, 2.75) is 20.8 Å². The van der Waals surface area contributed by atoms with Crippen LogP contribution in [0.4, 0.5) is 5.69 Å². The van der Waals surface area contributed by atoms with Gasteiger partial charge in [-0.05, 0) is 43.5 Å². The zero-order chi connectivity index (χ0) is 21.8. The summed E-state index contributed by atoms with van der Waals surface area (Å²) >= 11 is 0. The van der Waals surface area contributed by atoms with Gasteiger partial charge in [0.05, 0.1) is 17.1 Å². The molecule has 31 heavy (non-hydrogen) atoms. The summed E-state index contributed by atoms with van der Waals surface area (Å²) in [4.78, 5) is 14.7. The fraction of sp³-hybridized carbons (Fsp3) is 0.107. The molecule has 4 aromatic rings. The molecule has 0 aliphatic rings. The zero-order valence-electron chi connectivity index (χ0n) is 18.1. The van der Waals surface area contributed by atoms with Gasteiger partial charge in [0.2, 0.25) is 0 Å². The second-order valence-corrected chi connectivity index (χ2v) is 7.63. The van der Waals surface area contributed by atoms with Crippen molar-refractivity contribution in [3.8, 4) is 0 Å². The average molecular weight is 404 g/mol. The molecule has 0 fully saturated rings. The van der Waals surface area contributed by atoms with Gasteiger partial charge < -0.3 is 0 Å². The first-order chi connectivity index (χ1) is 15.0. The highest BCUT2D eigenvalue weighted by atomic mass is 14.9. The molecule has 0 bridgehead atoms. The number of aryl methyl sites for hydroxylation is 3. The third-order valence-corrected chi connectivity index (χ3v) is 5.20. The molecule has 0 radical (unpaired) electrons. The molecule has 0 saturated carbocycles. The van der Waals surface area contributed by atoms with Crippen molar-refractivity contribution < 1.29 is 0 Å². The molecule has 0 atom stereocenters. The molecular weight excluding hydrogens is 378 g/mol. The summed E-state index contributed by atoms with van der Waals surface area (Å²) < 4.78 is 0. The molecule has 4 rings (SSSR count). The molecule has 0 aliphatic heterocycles. The molecule has 0 amide bonds. The number of aliphatic imine (C=N–C) groups is 1. The van der Waals surface area contributed by atoms with Gasteiger partial charge in [0, 0.05) is 16.8 Å². The van der Waals surface area contributed by atoms with E-state index < -0.39 is 0 Å². The van der Waals surface area contributed by atoms with Gasteiger partial charge in [-0.25, -0.2) is 15.0 Å². The molecule has 0 saturated heterocycles. The number of aromatic nitrogens is 2. The van der Waals surface area contributed by atoms with Crippen molar-refractivity contribution in [3.63, 3.8) is 0 Å². The number of hydrogen-bond acceptors (Lipinski definition) is 3. The van der Waals surface area contributed by atoms with Gasteiger partial charge in [0.15, 0.2) is 5.82 Å². The van der Waals surface area contributed by atoms with Crippen LogP contribution in [0.15, 0.2) is 96.5 Å². The van der Waals surface area contributed by atoms with Crippen LogP contribution < -0.4 is 0 Å². The molecular formula is C28H25N3. The van der Waals surface area contributed by atoms with E-state index in [4.69, 9.17) is 9.98 Å². The van der Waals surface area contributed by atoms with Crippen molar-refractivity contribution in [2.75, 3.05) is 0 Å². The Kier molecular flexibility index (Phi) is 5.85. The van der Waals surface area contributed by atoms with Crippen molar-refractivity contribution in [1.82, 2.24) is 9.97 Å². The van der Waals surface area contributed by atoms with E-state index in [0.29, 0.717) is 5.82 Å². The molecule has 0 aliphatic carbocycles. The van der Waals surface area contributed by atoms with Crippen molar-refractivity contribution >= 4 is 17.0 Å². The maximum absolute atomic E-state index is 5.11.